The van der Waals surface area contributed by atoms with Crippen LogP contribution in [-0.2, 0) is 0 Å². The highest BCUT2D eigenvalue weighted by Gasteiger charge is 2.11. The van der Waals surface area contributed by atoms with Gasteiger partial charge >= 0.3 is 0 Å². The summed E-state index contributed by atoms with van der Waals surface area (Å²) in [5, 5.41) is 0.999. The van der Waals surface area contributed by atoms with Crippen LogP contribution >= 0.6 is 39.3 Å². The molecule has 2 rings (SSSR count). The molecule has 94 valence electrons. The van der Waals surface area contributed by atoms with Gasteiger partial charge in [-0.05, 0) is 35.9 Å². The molecule has 0 aliphatic heterocycles. The highest BCUT2D eigenvalue weighted by Crippen LogP contribution is 2.35. The maximum atomic E-state index is 5.90. The first-order chi connectivity index (χ1) is 8.69. The van der Waals surface area contributed by atoms with Gasteiger partial charge < -0.3 is 5.73 Å². The van der Waals surface area contributed by atoms with E-state index in [0.29, 0.717) is 6.54 Å². The number of nitrogens with two attached hydrogens (primary N) is 1. The van der Waals surface area contributed by atoms with Gasteiger partial charge in [-0.1, -0.05) is 45.7 Å². The number of hydrogen-bond acceptors (Lipinski definition) is 2. The van der Waals surface area contributed by atoms with Gasteiger partial charge in [0.15, 0.2) is 0 Å². The van der Waals surface area contributed by atoms with Crippen LogP contribution < -0.4 is 5.73 Å². The summed E-state index contributed by atoms with van der Waals surface area (Å²) in [6.07, 6.45) is 0. The number of rotatable bonds is 4. The summed E-state index contributed by atoms with van der Waals surface area (Å²) in [6.45, 7) is 0.596. The van der Waals surface area contributed by atoms with Gasteiger partial charge in [-0.2, -0.15) is 0 Å². The van der Waals surface area contributed by atoms with Gasteiger partial charge in [-0.15, -0.1) is 11.8 Å². The van der Waals surface area contributed by atoms with Crippen LogP contribution in [0.1, 0.15) is 10.8 Å². The van der Waals surface area contributed by atoms with Crippen molar-refractivity contribution in [1.29, 1.82) is 0 Å². The molecule has 2 aromatic rings. The van der Waals surface area contributed by atoms with E-state index < -0.39 is 0 Å². The van der Waals surface area contributed by atoms with Crippen molar-refractivity contribution in [1.82, 2.24) is 0 Å². The molecule has 1 unspecified atom stereocenters. The molecule has 0 bridgehead atoms. The van der Waals surface area contributed by atoms with Gasteiger partial charge in [-0.25, -0.2) is 0 Å². The molecule has 0 fully saturated rings. The number of hydrogen-bond donors (Lipinski definition) is 1. The predicted molar refractivity (Wildman–Crippen MR) is 83.2 cm³/mol. The number of benzene rings is 2. The highest BCUT2D eigenvalue weighted by molar-refractivity contribution is 9.10. The van der Waals surface area contributed by atoms with Crippen molar-refractivity contribution in [2.45, 2.75) is 10.1 Å². The van der Waals surface area contributed by atoms with E-state index in [4.69, 9.17) is 17.3 Å². The van der Waals surface area contributed by atoms with E-state index in [1.54, 1.807) is 11.8 Å². The molecule has 0 spiro atoms. The van der Waals surface area contributed by atoms with E-state index in [-0.39, 0.29) is 5.25 Å². The van der Waals surface area contributed by atoms with Crippen LogP contribution in [0, 0.1) is 0 Å². The Morgan fingerprint density at radius 3 is 2.50 bits per heavy atom. The zero-order valence-corrected chi connectivity index (χ0v) is 12.8. The average molecular weight is 343 g/mol. The predicted octanol–water partition coefficient (Wildman–Crippen LogP) is 4.89. The Morgan fingerprint density at radius 1 is 1.17 bits per heavy atom. The molecule has 2 N–H and O–H groups in total. The molecule has 18 heavy (non-hydrogen) atoms. The maximum Gasteiger partial charge on any atom is 0.0466 e. The molecule has 1 nitrogen and oxygen atoms in total. The van der Waals surface area contributed by atoms with E-state index in [2.05, 4.69) is 28.1 Å². The second-order valence-electron chi connectivity index (χ2n) is 3.85. The zero-order valence-electron chi connectivity index (χ0n) is 9.64. The van der Waals surface area contributed by atoms with Crippen LogP contribution in [0.2, 0.25) is 5.02 Å². The first kappa shape index (κ1) is 13.9. The van der Waals surface area contributed by atoms with Crippen molar-refractivity contribution >= 4 is 39.3 Å². The zero-order chi connectivity index (χ0) is 13.0. The van der Waals surface area contributed by atoms with Crippen LogP contribution in [0.15, 0.2) is 57.9 Å². The average Bonchev–Trinajstić information content (AvgIpc) is 2.37. The fraction of sp³-hybridized carbons (Fsp3) is 0.143. The van der Waals surface area contributed by atoms with Crippen molar-refractivity contribution in [3.05, 3.63) is 63.6 Å². The van der Waals surface area contributed by atoms with Crippen LogP contribution in [0.4, 0.5) is 0 Å². The third-order valence-electron chi connectivity index (χ3n) is 2.53. The van der Waals surface area contributed by atoms with Crippen LogP contribution in [-0.4, -0.2) is 6.54 Å². The molecule has 1 atom stereocenters. The van der Waals surface area contributed by atoms with Gasteiger partial charge in [0.1, 0.15) is 0 Å². The minimum atomic E-state index is 0.247. The smallest absolute Gasteiger partial charge is 0.0466 e. The fourth-order valence-corrected chi connectivity index (χ4v) is 3.38. The molecule has 0 amide bonds. The quantitative estimate of drug-likeness (QED) is 0.800. The second kappa shape index (κ2) is 6.62. The molecule has 2 aromatic carbocycles. The Morgan fingerprint density at radius 2 is 1.89 bits per heavy atom. The van der Waals surface area contributed by atoms with Crippen LogP contribution in [0.3, 0.4) is 0 Å². The summed E-state index contributed by atoms with van der Waals surface area (Å²) < 4.78 is 1.08. The van der Waals surface area contributed by atoms with Gasteiger partial charge in [0.2, 0.25) is 0 Å². The molecule has 0 saturated heterocycles. The van der Waals surface area contributed by atoms with Crippen molar-refractivity contribution < 1.29 is 0 Å². The van der Waals surface area contributed by atoms with Crippen LogP contribution in [0.5, 0.6) is 0 Å². The second-order valence-corrected chi connectivity index (χ2v) is 6.48. The van der Waals surface area contributed by atoms with Crippen molar-refractivity contribution in [3.63, 3.8) is 0 Å². The summed E-state index contributed by atoms with van der Waals surface area (Å²) in [4.78, 5) is 1.20. The third-order valence-corrected chi connectivity index (χ3v) is 4.55. The molecule has 0 heterocycles. The van der Waals surface area contributed by atoms with Gasteiger partial charge in [0.25, 0.3) is 0 Å². The van der Waals surface area contributed by atoms with E-state index in [0.717, 1.165) is 9.50 Å². The van der Waals surface area contributed by atoms with E-state index in [1.807, 2.05) is 36.4 Å². The maximum absolute atomic E-state index is 5.90. The topological polar surface area (TPSA) is 26.0 Å². The Labute approximate surface area is 125 Å². The van der Waals surface area contributed by atoms with Crippen molar-refractivity contribution in [2.75, 3.05) is 6.54 Å². The van der Waals surface area contributed by atoms with Crippen molar-refractivity contribution in [2.24, 2.45) is 5.73 Å². The Kier molecular flexibility index (Phi) is 5.13. The SMILES string of the molecule is NCC(Sc1cccc(Br)c1)c1ccc(Cl)cc1. The Balaban J connectivity index is 2.17. The van der Waals surface area contributed by atoms with Crippen molar-refractivity contribution in [3.8, 4) is 0 Å². The minimum Gasteiger partial charge on any atom is -0.329 e. The molecule has 0 aliphatic rings. The molecular weight excluding hydrogens is 330 g/mol. The molecule has 0 saturated carbocycles. The molecule has 4 heteroatoms. The highest BCUT2D eigenvalue weighted by atomic mass is 79.9. The lowest BCUT2D eigenvalue weighted by atomic mass is 10.1. The van der Waals surface area contributed by atoms with Gasteiger partial charge in [0, 0.05) is 26.2 Å². The summed E-state index contributed by atoms with van der Waals surface area (Å²) in [7, 11) is 0. The Hall–Kier alpha value is -0.480. The largest absolute Gasteiger partial charge is 0.329 e. The Bertz CT molecular complexity index is 515. The summed E-state index contributed by atoms with van der Waals surface area (Å²) in [6, 6.07) is 16.1. The van der Waals surface area contributed by atoms with E-state index in [1.165, 1.54) is 10.5 Å². The van der Waals surface area contributed by atoms with Gasteiger partial charge in [-0.3, -0.25) is 0 Å². The van der Waals surface area contributed by atoms with E-state index in [9.17, 15) is 0 Å². The summed E-state index contributed by atoms with van der Waals surface area (Å²) in [5.74, 6) is 0. The normalized spacial score (nSPS) is 12.4. The minimum absolute atomic E-state index is 0.247. The first-order valence-electron chi connectivity index (χ1n) is 5.57. The van der Waals surface area contributed by atoms with E-state index >= 15 is 0 Å². The molecule has 0 aromatic heterocycles. The first-order valence-corrected chi connectivity index (χ1v) is 7.62. The summed E-state index contributed by atoms with van der Waals surface area (Å²) in [5.41, 5.74) is 7.06. The molecular formula is C14H13BrClNS. The third kappa shape index (κ3) is 3.75. The summed E-state index contributed by atoms with van der Waals surface area (Å²) >= 11 is 11.1. The van der Waals surface area contributed by atoms with Crippen LogP contribution in [0.25, 0.3) is 0 Å². The fourth-order valence-electron chi connectivity index (χ4n) is 1.63. The molecule has 0 aliphatic carbocycles. The monoisotopic (exact) mass is 341 g/mol. The number of halogens is 2. The lowest BCUT2D eigenvalue weighted by Gasteiger charge is -2.15. The standard InChI is InChI=1S/C14H13BrClNS/c15-11-2-1-3-13(8-11)18-14(9-17)10-4-6-12(16)7-5-10/h1-8,14H,9,17H2. The van der Waals surface area contributed by atoms with Gasteiger partial charge in [0.05, 0.1) is 0 Å². The molecule has 0 radical (unpaired) electrons. The lowest BCUT2D eigenvalue weighted by Crippen LogP contribution is -2.09. The number of thioether (sulfide) groups is 1. The lowest BCUT2D eigenvalue weighted by molar-refractivity contribution is 0.941.